The van der Waals surface area contributed by atoms with Crippen LogP contribution < -0.4 is 5.73 Å². The predicted octanol–water partition coefficient (Wildman–Crippen LogP) is 1.69. The molecule has 2 rings (SSSR count). The summed E-state index contributed by atoms with van der Waals surface area (Å²) in [6.07, 6.45) is 5.44. The average molecular weight is 220 g/mol. The van der Waals surface area contributed by atoms with E-state index in [0.717, 1.165) is 22.3 Å². The lowest BCUT2D eigenvalue weighted by molar-refractivity contribution is 0.789. The fourth-order valence-corrected chi connectivity index (χ4v) is 2.04. The molecule has 2 aromatic rings. The van der Waals surface area contributed by atoms with Crippen molar-refractivity contribution in [1.29, 1.82) is 0 Å². The molecule has 0 saturated carbocycles. The second-order valence-corrected chi connectivity index (χ2v) is 4.13. The molecule has 0 atom stereocenters. The third kappa shape index (κ3) is 2.50. The van der Waals surface area contributed by atoms with Gasteiger partial charge in [0.1, 0.15) is 0 Å². The van der Waals surface area contributed by atoms with Gasteiger partial charge < -0.3 is 10.3 Å². The Bertz CT molecular complexity index is 452. The van der Waals surface area contributed by atoms with Crippen molar-refractivity contribution >= 4 is 17.4 Å². The number of nitrogens with zero attached hydrogens (tertiary/aromatic N) is 3. The number of hydrogen-bond donors (Lipinski definition) is 1. The van der Waals surface area contributed by atoms with E-state index < -0.39 is 0 Å². The van der Waals surface area contributed by atoms with Crippen LogP contribution in [0.3, 0.4) is 0 Å². The van der Waals surface area contributed by atoms with Crippen LogP contribution in [0.2, 0.25) is 0 Å². The normalized spacial score (nSPS) is 10.5. The van der Waals surface area contributed by atoms with Crippen molar-refractivity contribution in [2.24, 2.45) is 7.05 Å². The van der Waals surface area contributed by atoms with Crippen LogP contribution in [0.15, 0.2) is 35.9 Å². The number of imidazole rings is 1. The van der Waals surface area contributed by atoms with Crippen molar-refractivity contribution < 1.29 is 0 Å². The third-order valence-electron chi connectivity index (χ3n) is 1.97. The zero-order valence-corrected chi connectivity index (χ0v) is 9.24. The van der Waals surface area contributed by atoms with Gasteiger partial charge in [-0.1, -0.05) is 11.8 Å². The fourth-order valence-electron chi connectivity index (χ4n) is 1.21. The van der Waals surface area contributed by atoms with E-state index in [-0.39, 0.29) is 0 Å². The van der Waals surface area contributed by atoms with E-state index in [1.165, 1.54) is 0 Å². The van der Waals surface area contributed by atoms with Gasteiger partial charge in [0, 0.05) is 37.1 Å². The molecule has 4 nitrogen and oxygen atoms in total. The van der Waals surface area contributed by atoms with Gasteiger partial charge >= 0.3 is 0 Å². The summed E-state index contributed by atoms with van der Waals surface area (Å²) in [6.45, 7) is 0. The van der Waals surface area contributed by atoms with Crippen LogP contribution in [-0.2, 0) is 12.8 Å². The Hall–Kier alpha value is -1.49. The van der Waals surface area contributed by atoms with Crippen LogP contribution in [-0.4, -0.2) is 14.5 Å². The topological polar surface area (TPSA) is 56.7 Å². The van der Waals surface area contributed by atoms with Crippen molar-refractivity contribution in [2.75, 3.05) is 5.73 Å². The van der Waals surface area contributed by atoms with Crippen LogP contribution in [0.25, 0.3) is 0 Å². The molecule has 15 heavy (non-hydrogen) atoms. The zero-order valence-electron chi connectivity index (χ0n) is 8.42. The molecule has 0 amide bonds. The molecule has 0 fully saturated rings. The molecule has 2 heterocycles. The van der Waals surface area contributed by atoms with E-state index >= 15 is 0 Å². The number of nitrogen functional groups attached to an aromatic ring is 1. The van der Waals surface area contributed by atoms with Crippen LogP contribution in [0.4, 0.5) is 5.69 Å². The Morgan fingerprint density at radius 2 is 2.27 bits per heavy atom. The molecule has 0 aliphatic rings. The number of rotatable bonds is 3. The summed E-state index contributed by atoms with van der Waals surface area (Å²) < 4.78 is 1.98. The number of thioether (sulfide) groups is 1. The number of pyridine rings is 1. The zero-order chi connectivity index (χ0) is 10.7. The van der Waals surface area contributed by atoms with Crippen molar-refractivity contribution in [3.8, 4) is 0 Å². The molecule has 2 N–H and O–H groups in total. The molecule has 0 spiro atoms. The summed E-state index contributed by atoms with van der Waals surface area (Å²) in [5, 5.41) is 0.985. The molecular formula is C10H12N4S. The highest BCUT2D eigenvalue weighted by Crippen LogP contribution is 2.19. The van der Waals surface area contributed by atoms with Crippen molar-refractivity contribution in [1.82, 2.24) is 14.5 Å². The first-order valence-electron chi connectivity index (χ1n) is 4.56. The van der Waals surface area contributed by atoms with E-state index in [4.69, 9.17) is 5.73 Å². The SMILES string of the molecule is Cn1ccnc1SCc1cc(N)ccn1. The highest BCUT2D eigenvalue weighted by Gasteiger charge is 2.01. The summed E-state index contributed by atoms with van der Waals surface area (Å²) in [6, 6.07) is 3.67. The van der Waals surface area contributed by atoms with Crippen LogP contribution >= 0.6 is 11.8 Å². The quantitative estimate of drug-likeness (QED) is 0.800. The molecule has 78 valence electrons. The van der Waals surface area contributed by atoms with Gasteiger partial charge in [-0.2, -0.15) is 0 Å². The number of hydrogen-bond acceptors (Lipinski definition) is 4. The first-order valence-corrected chi connectivity index (χ1v) is 5.55. The maximum Gasteiger partial charge on any atom is 0.168 e. The summed E-state index contributed by atoms with van der Waals surface area (Å²) in [5.41, 5.74) is 7.39. The van der Waals surface area contributed by atoms with Gasteiger partial charge in [-0.25, -0.2) is 4.98 Å². The van der Waals surface area contributed by atoms with E-state index in [2.05, 4.69) is 9.97 Å². The molecule has 0 bridgehead atoms. The average Bonchev–Trinajstić information content (AvgIpc) is 2.61. The molecule has 2 aromatic heterocycles. The summed E-state index contributed by atoms with van der Waals surface area (Å²) in [5.74, 6) is 0.788. The highest BCUT2D eigenvalue weighted by molar-refractivity contribution is 7.98. The lowest BCUT2D eigenvalue weighted by Crippen LogP contribution is -1.93. The van der Waals surface area contributed by atoms with Gasteiger partial charge in [-0.05, 0) is 12.1 Å². The summed E-state index contributed by atoms with van der Waals surface area (Å²) >= 11 is 1.65. The Morgan fingerprint density at radius 1 is 1.40 bits per heavy atom. The first kappa shape index (κ1) is 10.0. The first-order chi connectivity index (χ1) is 7.25. The summed E-state index contributed by atoms with van der Waals surface area (Å²) in [7, 11) is 1.97. The van der Waals surface area contributed by atoms with Gasteiger partial charge in [0.25, 0.3) is 0 Å². The standard InChI is InChI=1S/C10H12N4S/c1-14-5-4-13-10(14)15-7-9-6-8(11)2-3-12-9/h2-6H,7H2,1H3,(H2,11,12). The Balaban J connectivity index is 2.02. The lowest BCUT2D eigenvalue weighted by Gasteiger charge is -2.01. The van der Waals surface area contributed by atoms with Gasteiger partial charge in [0.2, 0.25) is 0 Å². The Labute approximate surface area is 92.5 Å². The van der Waals surface area contributed by atoms with Crippen LogP contribution in [0, 0.1) is 0 Å². The van der Waals surface area contributed by atoms with Crippen molar-refractivity contribution in [2.45, 2.75) is 10.9 Å². The molecule has 0 saturated heterocycles. The van der Waals surface area contributed by atoms with E-state index in [1.54, 1.807) is 30.2 Å². The molecule has 0 aliphatic heterocycles. The van der Waals surface area contributed by atoms with Gasteiger partial charge in [0.15, 0.2) is 5.16 Å². The minimum atomic E-state index is 0.750. The molecule has 0 aromatic carbocycles. The third-order valence-corrected chi connectivity index (χ3v) is 3.06. The fraction of sp³-hybridized carbons (Fsp3) is 0.200. The number of anilines is 1. The van der Waals surface area contributed by atoms with E-state index in [0.29, 0.717) is 0 Å². The molecular weight excluding hydrogens is 208 g/mol. The smallest absolute Gasteiger partial charge is 0.168 e. The lowest BCUT2D eigenvalue weighted by atomic mass is 10.3. The van der Waals surface area contributed by atoms with Crippen LogP contribution in [0.1, 0.15) is 5.69 Å². The monoisotopic (exact) mass is 220 g/mol. The predicted molar refractivity (Wildman–Crippen MR) is 61.4 cm³/mol. The van der Waals surface area contributed by atoms with Crippen LogP contribution in [0.5, 0.6) is 0 Å². The maximum absolute atomic E-state index is 5.67. The van der Waals surface area contributed by atoms with E-state index in [9.17, 15) is 0 Å². The number of aromatic nitrogens is 3. The minimum absolute atomic E-state index is 0.750. The Kier molecular flexibility index (Phi) is 2.91. The second kappa shape index (κ2) is 4.35. The Morgan fingerprint density at radius 3 is 2.93 bits per heavy atom. The number of nitrogens with two attached hydrogens (primary N) is 1. The van der Waals surface area contributed by atoms with Crippen molar-refractivity contribution in [3.05, 3.63) is 36.4 Å². The highest BCUT2D eigenvalue weighted by atomic mass is 32.2. The molecule has 0 unspecified atom stereocenters. The molecule has 5 heteroatoms. The van der Waals surface area contributed by atoms with E-state index in [1.807, 2.05) is 23.9 Å². The van der Waals surface area contributed by atoms with Gasteiger partial charge in [0.05, 0.1) is 5.69 Å². The largest absolute Gasteiger partial charge is 0.399 e. The summed E-state index contributed by atoms with van der Waals surface area (Å²) in [4.78, 5) is 8.45. The minimum Gasteiger partial charge on any atom is -0.399 e. The number of aryl methyl sites for hydroxylation is 1. The van der Waals surface area contributed by atoms with Crippen molar-refractivity contribution in [3.63, 3.8) is 0 Å². The molecule has 0 radical (unpaired) electrons. The second-order valence-electron chi connectivity index (χ2n) is 3.19. The maximum atomic E-state index is 5.67. The molecule has 0 aliphatic carbocycles. The van der Waals surface area contributed by atoms with Gasteiger partial charge in [-0.15, -0.1) is 0 Å². The van der Waals surface area contributed by atoms with Gasteiger partial charge in [-0.3, -0.25) is 4.98 Å².